The topological polar surface area (TPSA) is 51.5 Å². The van der Waals surface area contributed by atoms with Crippen LogP contribution >= 0.6 is 22.6 Å². The van der Waals surface area contributed by atoms with Crippen molar-refractivity contribution in [3.8, 4) is 16.9 Å². The van der Waals surface area contributed by atoms with Gasteiger partial charge in [-0.2, -0.15) is 9.61 Å². The molecule has 0 spiro atoms. The van der Waals surface area contributed by atoms with E-state index in [0.717, 1.165) is 43.3 Å². The third-order valence-corrected chi connectivity index (χ3v) is 4.43. The first kappa shape index (κ1) is 17.0. The lowest BCUT2D eigenvalue weighted by molar-refractivity contribution is 0.416. The molecule has 0 aliphatic rings. The third-order valence-electron chi connectivity index (χ3n) is 3.76. The van der Waals surface area contributed by atoms with Crippen LogP contribution in [0.15, 0.2) is 24.3 Å². The molecule has 0 aliphatic heterocycles. The number of nitrogens with zero attached hydrogens (tertiary/aromatic N) is 3. The molecule has 0 atom stereocenters. The fraction of sp³-hybridized carbons (Fsp3) is 0.333. The van der Waals surface area contributed by atoms with Crippen molar-refractivity contribution in [1.29, 1.82) is 0 Å². The average Bonchev–Trinajstić information content (AvgIpc) is 2.83. The summed E-state index contributed by atoms with van der Waals surface area (Å²) in [5.41, 5.74) is 4.75. The van der Waals surface area contributed by atoms with Crippen LogP contribution in [0.1, 0.15) is 25.2 Å². The van der Waals surface area contributed by atoms with Crippen LogP contribution in [-0.4, -0.2) is 27.7 Å². The molecule has 126 valence electrons. The molecular formula is C18H21IN4O. The van der Waals surface area contributed by atoms with Crippen molar-refractivity contribution in [2.24, 2.45) is 0 Å². The molecule has 0 radical (unpaired) electrons. The molecule has 0 unspecified atom stereocenters. The number of hydrogen-bond donors (Lipinski definition) is 1. The van der Waals surface area contributed by atoms with Gasteiger partial charge < -0.3 is 10.1 Å². The summed E-state index contributed by atoms with van der Waals surface area (Å²) in [6, 6.07) is 8.51. The predicted molar refractivity (Wildman–Crippen MR) is 106 cm³/mol. The predicted octanol–water partition coefficient (Wildman–Crippen LogP) is 4.45. The average molecular weight is 436 g/mol. The minimum atomic E-state index is 0.316. The number of ether oxygens (including phenoxy) is 1. The van der Waals surface area contributed by atoms with Crippen molar-refractivity contribution in [3.63, 3.8) is 0 Å². The number of anilines is 1. The van der Waals surface area contributed by atoms with E-state index in [1.54, 1.807) is 7.11 Å². The molecule has 1 N–H and O–H groups in total. The molecule has 6 heteroatoms. The number of aromatic nitrogens is 3. The Morgan fingerprint density at radius 1 is 1.21 bits per heavy atom. The molecule has 0 fully saturated rings. The quantitative estimate of drug-likeness (QED) is 0.615. The smallest absolute Gasteiger partial charge is 0.165 e. The summed E-state index contributed by atoms with van der Waals surface area (Å²) in [5, 5.41) is 8.16. The van der Waals surface area contributed by atoms with E-state index in [1.807, 2.05) is 30.5 Å². The van der Waals surface area contributed by atoms with E-state index in [2.05, 4.69) is 53.9 Å². The fourth-order valence-electron chi connectivity index (χ4n) is 2.83. The SMILES string of the molecule is COc1cc(I)ccc1-c1c(C)nn2c(NC(C)C)cc(C)nc12. The normalized spacial score (nSPS) is 11.3. The number of rotatable bonds is 4. The second-order valence-corrected chi connectivity index (χ2v) is 7.37. The van der Waals surface area contributed by atoms with Crippen LogP contribution in [0.25, 0.3) is 16.8 Å². The molecule has 1 aromatic carbocycles. The lowest BCUT2D eigenvalue weighted by atomic mass is 10.1. The van der Waals surface area contributed by atoms with Gasteiger partial charge in [-0.1, -0.05) is 0 Å². The van der Waals surface area contributed by atoms with Crippen LogP contribution < -0.4 is 10.1 Å². The first-order valence-corrected chi connectivity index (χ1v) is 8.96. The number of fused-ring (bicyclic) bond motifs is 1. The lowest BCUT2D eigenvalue weighted by Gasteiger charge is -2.13. The van der Waals surface area contributed by atoms with E-state index in [0.29, 0.717) is 6.04 Å². The van der Waals surface area contributed by atoms with Crippen molar-refractivity contribution >= 4 is 34.1 Å². The van der Waals surface area contributed by atoms with Crippen LogP contribution in [0.2, 0.25) is 0 Å². The molecule has 24 heavy (non-hydrogen) atoms. The highest BCUT2D eigenvalue weighted by Gasteiger charge is 2.19. The molecule has 0 bridgehead atoms. The number of aryl methyl sites for hydroxylation is 2. The maximum Gasteiger partial charge on any atom is 0.165 e. The summed E-state index contributed by atoms with van der Waals surface area (Å²) in [6.45, 7) is 8.24. The largest absolute Gasteiger partial charge is 0.496 e. The Balaban J connectivity index is 2.30. The maximum atomic E-state index is 5.59. The number of nitrogens with one attached hydrogen (secondary N) is 1. The second kappa shape index (κ2) is 6.58. The van der Waals surface area contributed by atoms with Crippen LogP contribution in [0.5, 0.6) is 5.75 Å². The van der Waals surface area contributed by atoms with Gasteiger partial charge in [0, 0.05) is 26.9 Å². The van der Waals surface area contributed by atoms with Gasteiger partial charge in [0.1, 0.15) is 11.6 Å². The monoisotopic (exact) mass is 436 g/mol. The molecular weight excluding hydrogens is 415 g/mol. The van der Waals surface area contributed by atoms with Crippen molar-refractivity contribution in [2.75, 3.05) is 12.4 Å². The molecule has 5 nitrogen and oxygen atoms in total. The third kappa shape index (κ3) is 3.07. The number of benzene rings is 1. The Hall–Kier alpha value is -1.83. The minimum absolute atomic E-state index is 0.316. The second-order valence-electron chi connectivity index (χ2n) is 6.12. The van der Waals surface area contributed by atoms with Crippen molar-refractivity contribution < 1.29 is 4.74 Å². The molecule has 0 aliphatic carbocycles. The lowest BCUT2D eigenvalue weighted by Crippen LogP contribution is -2.14. The summed E-state index contributed by atoms with van der Waals surface area (Å²) in [7, 11) is 1.69. The van der Waals surface area contributed by atoms with Crippen LogP contribution in [-0.2, 0) is 0 Å². The van der Waals surface area contributed by atoms with E-state index < -0.39 is 0 Å². The Kier molecular flexibility index (Phi) is 4.67. The zero-order chi connectivity index (χ0) is 17.4. The Labute approximate surface area is 155 Å². The van der Waals surface area contributed by atoms with Gasteiger partial charge in [-0.15, -0.1) is 0 Å². The van der Waals surface area contributed by atoms with E-state index in [9.17, 15) is 0 Å². The van der Waals surface area contributed by atoms with Gasteiger partial charge in [0.25, 0.3) is 0 Å². The number of hydrogen-bond acceptors (Lipinski definition) is 4. The minimum Gasteiger partial charge on any atom is -0.496 e. The summed E-state index contributed by atoms with van der Waals surface area (Å²) in [4.78, 5) is 4.74. The molecule has 0 saturated carbocycles. The van der Waals surface area contributed by atoms with Crippen molar-refractivity contribution in [2.45, 2.75) is 33.7 Å². The van der Waals surface area contributed by atoms with E-state index in [4.69, 9.17) is 14.8 Å². The first-order valence-electron chi connectivity index (χ1n) is 7.88. The Morgan fingerprint density at radius 2 is 1.96 bits per heavy atom. The van der Waals surface area contributed by atoms with Gasteiger partial charge in [0.15, 0.2) is 5.65 Å². The summed E-state index contributed by atoms with van der Waals surface area (Å²) in [5.74, 6) is 1.79. The van der Waals surface area contributed by atoms with Gasteiger partial charge in [-0.3, -0.25) is 0 Å². The zero-order valence-corrected chi connectivity index (χ0v) is 16.7. The van der Waals surface area contributed by atoms with Gasteiger partial charge in [-0.05, 0) is 68.5 Å². The van der Waals surface area contributed by atoms with E-state index in [-0.39, 0.29) is 0 Å². The molecule has 3 rings (SSSR count). The van der Waals surface area contributed by atoms with Gasteiger partial charge in [0.2, 0.25) is 0 Å². The van der Waals surface area contributed by atoms with E-state index in [1.165, 1.54) is 0 Å². The fourth-order valence-corrected chi connectivity index (χ4v) is 3.29. The summed E-state index contributed by atoms with van der Waals surface area (Å²) in [6.07, 6.45) is 0. The highest BCUT2D eigenvalue weighted by atomic mass is 127. The molecule has 2 heterocycles. The molecule has 0 saturated heterocycles. The summed E-state index contributed by atoms with van der Waals surface area (Å²) >= 11 is 2.29. The van der Waals surface area contributed by atoms with Gasteiger partial charge in [-0.25, -0.2) is 4.98 Å². The van der Waals surface area contributed by atoms with Crippen molar-refractivity contribution in [3.05, 3.63) is 39.2 Å². The standard InChI is InChI=1S/C18H21IN4O/c1-10(2)20-16-8-11(3)21-18-17(12(4)22-23(16)18)14-7-6-13(19)9-15(14)24-5/h6-10,20H,1-5H3. The highest BCUT2D eigenvalue weighted by molar-refractivity contribution is 14.1. The van der Waals surface area contributed by atoms with Crippen LogP contribution in [0.4, 0.5) is 5.82 Å². The van der Waals surface area contributed by atoms with Gasteiger partial charge in [0.05, 0.1) is 18.4 Å². The van der Waals surface area contributed by atoms with E-state index >= 15 is 0 Å². The van der Waals surface area contributed by atoms with Crippen LogP contribution in [0, 0.1) is 17.4 Å². The zero-order valence-electron chi connectivity index (χ0n) is 14.5. The molecule has 3 aromatic rings. The molecule has 0 amide bonds. The number of halogens is 1. The Bertz CT molecular complexity index is 902. The number of methoxy groups -OCH3 is 1. The van der Waals surface area contributed by atoms with Crippen LogP contribution in [0.3, 0.4) is 0 Å². The Morgan fingerprint density at radius 3 is 2.62 bits per heavy atom. The first-order chi connectivity index (χ1) is 11.4. The highest BCUT2D eigenvalue weighted by Crippen LogP contribution is 2.36. The molecule has 2 aromatic heterocycles. The van der Waals surface area contributed by atoms with Crippen molar-refractivity contribution in [1.82, 2.24) is 14.6 Å². The summed E-state index contributed by atoms with van der Waals surface area (Å²) < 4.78 is 8.61. The maximum absolute atomic E-state index is 5.59. The van der Waals surface area contributed by atoms with Gasteiger partial charge >= 0.3 is 0 Å².